The molecule has 1 fully saturated rings. The molecule has 0 unspecified atom stereocenters. The van der Waals surface area contributed by atoms with E-state index in [0.717, 1.165) is 34.2 Å². The molecule has 1 saturated heterocycles. The van der Waals surface area contributed by atoms with E-state index in [0.29, 0.717) is 0 Å². The number of nitrogens with one attached hydrogen (secondary N) is 1. The number of nitrogens with zero attached hydrogens (tertiary/aromatic N) is 4. The van der Waals surface area contributed by atoms with E-state index in [2.05, 4.69) is 10.3 Å². The van der Waals surface area contributed by atoms with E-state index in [1.165, 1.54) is 13.1 Å². The number of urea groups is 1. The van der Waals surface area contributed by atoms with Crippen molar-refractivity contribution in [1.82, 2.24) is 10.2 Å². The van der Waals surface area contributed by atoms with E-state index in [1.54, 1.807) is 19.9 Å². The van der Waals surface area contributed by atoms with Crippen LogP contribution in [0.1, 0.15) is 19.4 Å². The molecule has 1 aromatic rings. The highest BCUT2D eigenvalue weighted by atomic mass is 19.4. The molecule has 1 heterocycles. The fourth-order valence-electron chi connectivity index (χ4n) is 2.57. The third kappa shape index (κ3) is 5.04. The zero-order valence-corrected chi connectivity index (χ0v) is 15.9. The molecule has 1 aliphatic heterocycles. The molecule has 0 spiro atoms. The molecule has 29 heavy (non-hydrogen) atoms. The zero-order valence-electron chi connectivity index (χ0n) is 15.9. The number of benzene rings is 1. The van der Waals surface area contributed by atoms with Gasteiger partial charge in [-0.1, -0.05) is 6.07 Å². The molecule has 3 N–H and O–H groups in total. The Bertz CT molecular complexity index is 930. The molecule has 0 bridgehead atoms. The van der Waals surface area contributed by atoms with Crippen LogP contribution in [0.4, 0.5) is 23.7 Å². The van der Waals surface area contributed by atoms with Crippen molar-refractivity contribution in [1.29, 1.82) is 5.26 Å². The first-order valence-electron chi connectivity index (χ1n) is 8.34. The first kappa shape index (κ1) is 21.7. The largest absolute Gasteiger partial charge is 0.416 e. The molecule has 1 aliphatic rings. The maximum absolute atomic E-state index is 12.9. The number of guanidine groups is 1. The van der Waals surface area contributed by atoms with Gasteiger partial charge in [-0.05, 0) is 32.0 Å². The van der Waals surface area contributed by atoms with Gasteiger partial charge in [0.2, 0.25) is 5.96 Å². The summed E-state index contributed by atoms with van der Waals surface area (Å²) in [4.78, 5) is 30.2. The highest BCUT2D eigenvalue weighted by Gasteiger charge is 2.36. The molecule has 0 aromatic heterocycles. The van der Waals surface area contributed by atoms with E-state index in [1.807, 2.05) is 0 Å². The molecule has 1 aromatic carbocycles. The minimum Gasteiger partial charge on any atom is -0.369 e. The van der Waals surface area contributed by atoms with Crippen molar-refractivity contribution in [3.8, 4) is 6.07 Å². The summed E-state index contributed by atoms with van der Waals surface area (Å²) in [5.41, 5.74) is 3.78. The van der Waals surface area contributed by atoms with Gasteiger partial charge in [0.1, 0.15) is 11.6 Å². The SMILES string of the molecule is CN(C(=O)/C(C#N)=C/N=C(N)N1CC(C)(C)NC1=O)c1cccc(C(F)(F)F)c1. The molecule has 0 saturated carbocycles. The van der Waals surface area contributed by atoms with Crippen molar-refractivity contribution in [3.05, 3.63) is 41.6 Å². The van der Waals surface area contributed by atoms with Gasteiger partial charge in [0.25, 0.3) is 5.91 Å². The molecule has 0 radical (unpaired) electrons. The fraction of sp³-hybridized carbons (Fsp3) is 0.333. The van der Waals surface area contributed by atoms with E-state index in [4.69, 9.17) is 5.73 Å². The molecule has 0 aliphatic carbocycles. The van der Waals surface area contributed by atoms with E-state index in [-0.39, 0.29) is 18.2 Å². The van der Waals surface area contributed by atoms with Gasteiger partial charge in [0.15, 0.2) is 0 Å². The van der Waals surface area contributed by atoms with Crippen LogP contribution >= 0.6 is 0 Å². The number of nitriles is 1. The Morgan fingerprint density at radius 2 is 2.10 bits per heavy atom. The van der Waals surface area contributed by atoms with Crippen LogP contribution in [-0.4, -0.2) is 41.9 Å². The van der Waals surface area contributed by atoms with Crippen molar-refractivity contribution < 1.29 is 22.8 Å². The maximum Gasteiger partial charge on any atom is 0.416 e. The van der Waals surface area contributed by atoms with Crippen LogP contribution in [0.3, 0.4) is 0 Å². The van der Waals surface area contributed by atoms with Gasteiger partial charge in [-0.15, -0.1) is 0 Å². The summed E-state index contributed by atoms with van der Waals surface area (Å²) in [6.45, 7) is 3.79. The Kier molecular flexibility index (Phi) is 5.87. The number of anilines is 1. The summed E-state index contributed by atoms with van der Waals surface area (Å²) in [5, 5.41) is 11.9. The topological polar surface area (TPSA) is 115 Å². The number of carbonyl (C=O) groups excluding carboxylic acids is 2. The Morgan fingerprint density at radius 1 is 1.45 bits per heavy atom. The minimum atomic E-state index is -4.57. The van der Waals surface area contributed by atoms with Crippen molar-refractivity contribution in [2.75, 3.05) is 18.5 Å². The van der Waals surface area contributed by atoms with Gasteiger partial charge in [-0.2, -0.15) is 18.4 Å². The van der Waals surface area contributed by atoms with Crippen LogP contribution in [0.2, 0.25) is 0 Å². The highest BCUT2D eigenvalue weighted by molar-refractivity contribution is 6.08. The highest BCUT2D eigenvalue weighted by Crippen LogP contribution is 2.31. The van der Waals surface area contributed by atoms with Gasteiger partial charge in [-0.25, -0.2) is 9.79 Å². The molecule has 3 amide bonds. The second-order valence-corrected chi connectivity index (χ2v) is 6.95. The lowest BCUT2D eigenvalue weighted by Gasteiger charge is -2.18. The van der Waals surface area contributed by atoms with Gasteiger partial charge in [0.05, 0.1) is 23.8 Å². The Morgan fingerprint density at radius 3 is 2.62 bits per heavy atom. The monoisotopic (exact) mass is 408 g/mol. The number of aliphatic imine (C=N–C) groups is 1. The number of likely N-dealkylation sites (N-methyl/N-ethyl adjacent to an activating group) is 1. The van der Waals surface area contributed by atoms with Crippen LogP contribution < -0.4 is 16.0 Å². The number of amides is 3. The molecule has 154 valence electrons. The minimum absolute atomic E-state index is 0.0522. The number of hydrogen-bond donors (Lipinski definition) is 2. The molecule has 11 heteroatoms. The van der Waals surface area contributed by atoms with Crippen LogP contribution in [0.25, 0.3) is 0 Å². The third-order valence-corrected chi connectivity index (χ3v) is 4.06. The fourth-order valence-corrected chi connectivity index (χ4v) is 2.57. The number of halogens is 3. The van der Waals surface area contributed by atoms with Crippen LogP contribution in [0.15, 0.2) is 41.0 Å². The van der Waals surface area contributed by atoms with Crippen molar-refractivity contribution in [2.24, 2.45) is 10.7 Å². The second kappa shape index (κ2) is 7.83. The molecule has 2 rings (SSSR count). The predicted molar refractivity (Wildman–Crippen MR) is 99.5 cm³/mol. The second-order valence-electron chi connectivity index (χ2n) is 6.95. The number of alkyl halides is 3. The van der Waals surface area contributed by atoms with E-state index >= 15 is 0 Å². The average Bonchev–Trinajstić information content (AvgIpc) is 2.93. The van der Waals surface area contributed by atoms with Gasteiger partial charge < -0.3 is 16.0 Å². The van der Waals surface area contributed by atoms with Crippen LogP contribution in [0, 0.1) is 11.3 Å². The number of hydrogen-bond acceptors (Lipinski definition) is 4. The van der Waals surface area contributed by atoms with Gasteiger partial charge in [0, 0.05) is 12.7 Å². The molecule has 8 nitrogen and oxygen atoms in total. The molecular weight excluding hydrogens is 389 g/mol. The first-order valence-corrected chi connectivity index (χ1v) is 8.34. The third-order valence-electron chi connectivity index (χ3n) is 4.06. The quantitative estimate of drug-likeness (QED) is 0.345. The Labute approximate surface area is 165 Å². The van der Waals surface area contributed by atoms with E-state index in [9.17, 15) is 28.0 Å². The first-order chi connectivity index (χ1) is 13.4. The lowest BCUT2D eigenvalue weighted by atomic mass is 10.1. The summed E-state index contributed by atoms with van der Waals surface area (Å²) in [7, 11) is 1.23. The normalized spacial score (nSPS) is 17.0. The van der Waals surface area contributed by atoms with Gasteiger partial charge in [-0.3, -0.25) is 9.69 Å². The Hall–Kier alpha value is -3.55. The summed E-state index contributed by atoms with van der Waals surface area (Å²) >= 11 is 0. The summed E-state index contributed by atoms with van der Waals surface area (Å²) in [6, 6.07) is 5.28. The Balaban J connectivity index is 2.24. The molecule has 0 atom stereocenters. The summed E-state index contributed by atoms with van der Waals surface area (Å²) < 4.78 is 38.6. The van der Waals surface area contributed by atoms with Crippen molar-refractivity contribution >= 4 is 23.6 Å². The molecular formula is C18H19F3N6O2. The predicted octanol–water partition coefficient (Wildman–Crippen LogP) is 2.19. The maximum atomic E-state index is 12.9. The van der Waals surface area contributed by atoms with Crippen LogP contribution in [0.5, 0.6) is 0 Å². The number of carbonyl (C=O) groups is 2. The van der Waals surface area contributed by atoms with Crippen molar-refractivity contribution in [2.45, 2.75) is 25.6 Å². The summed E-state index contributed by atoms with van der Waals surface area (Å²) in [5.74, 6) is -1.11. The summed E-state index contributed by atoms with van der Waals surface area (Å²) in [6.07, 6.45) is -3.70. The number of nitrogens with two attached hydrogens (primary N) is 1. The van der Waals surface area contributed by atoms with Gasteiger partial charge >= 0.3 is 12.2 Å². The van der Waals surface area contributed by atoms with Crippen molar-refractivity contribution in [3.63, 3.8) is 0 Å². The smallest absolute Gasteiger partial charge is 0.369 e. The zero-order chi connectivity index (χ0) is 22.0. The number of rotatable bonds is 3. The van der Waals surface area contributed by atoms with Crippen LogP contribution in [-0.2, 0) is 11.0 Å². The average molecular weight is 408 g/mol. The standard InChI is InChI=1S/C18H19F3N6O2/c1-17(2)10-27(16(29)25-17)15(23)24-9-11(8-22)14(28)26(3)13-6-4-5-12(7-13)18(19,20)21/h4-7,9H,10H2,1-3H3,(H2,23,24)(H,25,29)/b11-9+. The van der Waals surface area contributed by atoms with E-state index < -0.39 is 34.8 Å². The lowest BCUT2D eigenvalue weighted by Crippen LogP contribution is -2.39. The lowest BCUT2D eigenvalue weighted by molar-refractivity contribution is -0.137.